The Bertz CT molecular complexity index is 844. The Morgan fingerprint density at radius 3 is 1.74 bits per heavy atom. The molecule has 1 N–H and O–H groups in total. The Morgan fingerprint density at radius 1 is 0.806 bits per heavy atom. The molecule has 2 aromatic rings. The van der Waals surface area contributed by atoms with Crippen LogP contribution in [0.2, 0.25) is 0 Å². The number of aliphatic hydroxyl groups is 1. The van der Waals surface area contributed by atoms with Crippen molar-refractivity contribution in [1.29, 1.82) is 0 Å². The number of ether oxygens (including phenoxy) is 1. The van der Waals surface area contributed by atoms with Crippen LogP contribution in [0.25, 0.3) is 0 Å². The number of hydrogen-bond donors (Lipinski definition) is 1. The summed E-state index contributed by atoms with van der Waals surface area (Å²) in [7, 11) is 0. The summed E-state index contributed by atoms with van der Waals surface area (Å²) in [6.45, 7) is 0. The fraction of sp³-hybridized carbons (Fsp3) is 0.185. The second-order valence-electron chi connectivity index (χ2n) is 7.60. The van der Waals surface area contributed by atoms with E-state index in [-0.39, 0.29) is 19.5 Å². The predicted octanol–water partition coefficient (Wildman–Crippen LogP) is 5.16. The first kappa shape index (κ1) is 23.6. The number of carbonyl (C=O) groups is 1. The quantitative estimate of drug-likeness (QED) is 0.351. The summed E-state index contributed by atoms with van der Waals surface area (Å²) in [6, 6.07) is 18.5. The molecule has 3 aliphatic rings. The van der Waals surface area contributed by atoms with Gasteiger partial charge in [0.25, 0.3) is 0 Å². The van der Waals surface area contributed by atoms with Gasteiger partial charge in [0.15, 0.2) is 6.10 Å². The molecular weight excluding hydrogens is 475 g/mol. The van der Waals surface area contributed by atoms with Crippen molar-refractivity contribution in [2.45, 2.75) is 18.6 Å². The number of esters is 1. The standard InChI is InChI=1S/C20H17O3.C7H8.Rh/c21-18(15-9-3-1-4-10-15)19(16-11-5-2-6-12-16)23-20(22)17-13-7-8-14-17;1-2-7-4-3-6(1)5-7;/h1-14,18-19,21H;1-4,6-7H,5H2;/t18-,19-;;/m0../s1. The van der Waals surface area contributed by atoms with Crippen LogP contribution >= 0.6 is 0 Å². The number of rotatable bonds is 5. The molecule has 3 aliphatic carbocycles. The average Bonchev–Trinajstić information content (AvgIpc) is 3.58. The summed E-state index contributed by atoms with van der Waals surface area (Å²) in [4.78, 5) is 12.3. The van der Waals surface area contributed by atoms with Crippen LogP contribution in [0.3, 0.4) is 0 Å². The van der Waals surface area contributed by atoms with Gasteiger partial charge in [0, 0.05) is 19.5 Å². The van der Waals surface area contributed by atoms with E-state index in [1.54, 1.807) is 25.7 Å². The molecule has 0 aromatic heterocycles. The van der Waals surface area contributed by atoms with Crippen LogP contribution in [-0.2, 0) is 29.0 Å². The molecule has 4 heteroatoms. The van der Waals surface area contributed by atoms with Gasteiger partial charge in [0.1, 0.15) is 6.10 Å². The molecule has 1 saturated carbocycles. The molecule has 160 valence electrons. The van der Waals surface area contributed by atoms with E-state index >= 15 is 0 Å². The van der Waals surface area contributed by atoms with Gasteiger partial charge in [0.2, 0.25) is 0 Å². The fourth-order valence-electron chi connectivity index (χ4n) is 3.80. The maximum absolute atomic E-state index is 12.3. The van der Waals surface area contributed by atoms with Crippen molar-refractivity contribution in [2.24, 2.45) is 11.8 Å². The molecule has 0 heterocycles. The van der Waals surface area contributed by atoms with E-state index < -0.39 is 18.2 Å². The first-order valence-corrected chi connectivity index (χ1v) is 10.3. The van der Waals surface area contributed by atoms with Crippen molar-refractivity contribution in [3.8, 4) is 0 Å². The largest absolute Gasteiger partial charge is 0.454 e. The zero-order valence-corrected chi connectivity index (χ0v) is 18.6. The van der Waals surface area contributed by atoms with Crippen LogP contribution < -0.4 is 0 Å². The summed E-state index contributed by atoms with van der Waals surface area (Å²) in [5.41, 5.74) is 1.46. The fourth-order valence-corrected chi connectivity index (χ4v) is 3.80. The van der Waals surface area contributed by atoms with Gasteiger partial charge in [0.05, 0.1) is 5.92 Å². The van der Waals surface area contributed by atoms with Crippen molar-refractivity contribution in [3.05, 3.63) is 128 Å². The Labute approximate surface area is 198 Å². The molecule has 2 aromatic carbocycles. The summed E-state index contributed by atoms with van der Waals surface area (Å²) < 4.78 is 5.61. The molecular formula is C27H25O3Rh. The van der Waals surface area contributed by atoms with Gasteiger partial charge in [-0.1, -0.05) is 85.0 Å². The van der Waals surface area contributed by atoms with Crippen LogP contribution in [0.5, 0.6) is 0 Å². The summed E-state index contributed by atoms with van der Waals surface area (Å²) >= 11 is 0. The van der Waals surface area contributed by atoms with Gasteiger partial charge in [-0.05, 0) is 55.1 Å². The summed E-state index contributed by atoms with van der Waals surface area (Å²) in [5.74, 6) is 1.65. The van der Waals surface area contributed by atoms with E-state index in [1.165, 1.54) is 6.42 Å². The van der Waals surface area contributed by atoms with Crippen LogP contribution in [0.15, 0.2) is 85.0 Å². The Morgan fingerprint density at radius 2 is 1.29 bits per heavy atom. The van der Waals surface area contributed by atoms with Crippen LogP contribution in [0, 0.1) is 43.4 Å². The molecule has 31 heavy (non-hydrogen) atoms. The zero-order valence-electron chi connectivity index (χ0n) is 17.0. The molecule has 0 spiro atoms. The van der Waals surface area contributed by atoms with Gasteiger partial charge in [-0.15, -0.1) is 0 Å². The molecule has 0 amide bonds. The molecule has 5 rings (SSSR count). The number of hydrogen-bond acceptors (Lipinski definition) is 3. The van der Waals surface area contributed by atoms with Crippen LogP contribution in [0.4, 0.5) is 0 Å². The van der Waals surface area contributed by atoms with E-state index in [2.05, 4.69) is 24.3 Å². The van der Waals surface area contributed by atoms with Gasteiger partial charge in [-0.25, -0.2) is 0 Å². The third-order valence-electron chi connectivity index (χ3n) is 5.44. The van der Waals surface area contributed by atoms with Gasteiger partial charge in [-0.2, -0.15) is 0 Å². The Kier molecular flexibility index (Phi) is 8.81. The van der Waals surface area contributed by atoms with Gasteiger partial charge in [-0.3, -0.25) is 4.79 Å². The van der Waals surface area contributed by atoms with E-state index in [1.807, 2.05) is 60.7 Å². The molecule has 2 bridgehead atoms. The smallest absolute Gasteiger partial charge is 0.314 e. The minimum absolute atomic E-state index is 0. The third-order valence-corrected chi connectivity index (χ3v) is 5.44. The maximum atomic E-state index is 12.3. The second-order valence-corrected chi connectivity index (χ2v) is 7.60. The molecule has 0 saturated heterocycles. The van der Waals surface area contributed by atoms with E-state index in [0.717, 1.165) is 17.4 Å². The maximum Gasteiger partial charge on any atom is 0.314 e. The summed E-state index contributed by atoms with van der Waals surface area (Å²) in [6.07, 6.45) is 15.8. The first-order chi connectivity index (χ1) is 14.7. The predicted molar refractivity (Wildman–Crippen MR) is 117 cm³/mol. The molecule has 6 radical (unpaired) electrons. The zero-order chi connectivity index (χ0) is 20.8. The van der Waals surface area contributed by atoms with Gasteiger partial charge >= 0.3 is 5.97 Å². The van der Waals surface area contributed by atoms with Crippen molar-refractivity contribution < 1.29 is 34.1 Å². The number of carbonyl (C=O) groups excluding carboxylic acids is 1. The SMILES string of the molecule is C1=CC2C=CC1C2.O=C(O[C@@H](c1ccccc1)[C@@H](O)c1ccccc1)[C]1[CH][CH][CH][CH]1.[Rh]. The van der Waals surface area contributed by atoms with Crippen LogP contribution in [-0.4, -0.2) is 11.1 Å². The van der Waals surface area contributed by atoms with Crippen molar-refractivity contribution >= 4 is 5.97 Å². The third kappa shape index (κ3) is 6.24. The summed E-state index contributed by atoms with van der Waals surface area (Å²) in [5, 5.41) is 10.7. The average molecular weight is 500 g/mol. The molecule has 2 atom stereocenters. The van der Waals surface area contributed by atoms with Crippen molar-refractivity contribution in [1.82, 2.24) is 0 Å². The van der Waals surface area contributed by atoms with Gasteiger partial charge < -0.3 is 9.84 Å². The first-order valence-electron chi connectivity index (χ1n) is 10.3. The normalized spacial score (nSPS) is 22.9. The monoisotopic (exact) mass is 500 g/mol. The Balaban J connectivity index is 0.000000285. The Hall–Kier alpha value is -2.03. The van der Waals surface area contributed by atoms with Crippen molar-refractivity contribution in [3.63, 3.8) is 0 Å². The van der Waals surface area contributed by atoms with E-state index in [4.69, 9.17) is 4.74 Å². The second kappa shape index (κ2) is 11.6. The number of fused-ring (bicyclic) bond motifs is 2. The molecule has 3 nitrogen and oxygen atoms in total. The van der Waals surface area contributed by atoms with Crippen LogP contribution in [0.1, 0.15) is 29.8 Å². The minimum Gasteiger partial charge on any atom is -0.454 e. The van der Waals surface area contributed by atoms with E-state index in [9.17, 15) is 9.90 Å². The molecule has 1 fully saturated rings. The number of allylic oxidation sites excluding steroid dienone is 4. The number of benzene rings is 2. The molecule has 0 unspecified atom stereocenters. The molecule has 0 aliphatic heterocycles. The van der Waals surface area contributed by atoms with Crippen molar-refractivity contribution in [2.75, 3.05) is 0 Å². The number of aliphatic hydroxyl groups excluding tert-OH is 1. The topological polar surface area (TPSA) is 46.5 Å². The minimum atomic E-state index is -0.933. The van der Waals surface area contributed by atoms with E-state index in [0.29, 0.717) is 11.5 Å².